The summed E-state index contributed by atoms with van der Waals surface area (Å²) in [4.78, 5) is 12.3. The molecule has 0 aliphatic rings. The first-order valence-corrected chi connectivity index (χ1v) is 8.08. The van der Waals surface area contributed by atoms with E-state index in [2.05, 4.69) is 0 Å². The third kappa shape index (κ3) is 3.86. The standard InChI is InChI=1S/C20H16F2N2O4/c1-27-18-8-12(23)4-7-15(18)20(25)28-14-9-16(21)19(17(22)10-14)11-2-5-13(24-26)6-3-11/h2-10,24,26H,23H2,1H3. The van der Waals surface area contributed by atoms with Crippen molar-refractivity contribution in [3.63, 3.8) is 0 Å². The predicted molar refractivity (Wildman–Crippen MR) is 99.6 cm³/mol. The quantitative estimate of drug-likeness (QED) is 0.263. The van der Waals surface area contributed by atoms with E-state index in [0.29, 0.717) is 11.4 Å². The third-order valence-electron chi connectivity index (χ3n) is 3.97. The van der Waals surface area contributed by atoms with E-state index in [1.807, 2.05) is 5.48 Å². The lowest BCUT2D eigenvalue weighted by molar-refractivity contribution is 0.0730. The highest BCUT2D eigenvalue weighted by molar-refractivity contribution is 5.94. The summed E-state index contributed by atoms with van der Waals surface area (Å²) < 4.78 is 39.2. The molecule has 8 heteroatoms. The fourth-order valence-corrected chi connectivity index (χ4v) is 2.63. The van der Waals surface area contributed by atoms with Crippen LogP contribution in [0.5, 0.6) is 11.5 Å². The lowest BCUT2D eigenvalue weighted by Gasteiger charge is -2.11. The molecule has 0 saturated carbocycles. The molecule has 0 aliphatic heterocycles. The SMILES string of the molecule is COc1cc(N)ccc1C(=O)Oc1cc(F)c(-c2ccc(NO)cc2)c(F)c1. The van der Waals surface area contributed by atoms with Crippen LogP contribution in [0.3, 0.4) is 0 Å². The van der Waals surface area contributed by atoms with E-state index in [4.69, 9.17) is 20.4 Å². The summed E-state index contributed by atoms with van der Waals surface area (Å²) >= 11 is 0. The first kappa shape index (κ1) is 19.1. The Bertz CT molecular complexity index is 1000. The number of rotatable bonds is 5. The van der Waals surface area contributed by atoms with Gasteiger partial charge in [0.1, 0.15) is 28.7 Å². The highest BCUT2D eigenvalue weighted by Gasteiger charge is 2.19. The summed E-state index contributed by atoms with van der Waals surface area (Å²) in [6, 6.07) is 11.9. The fraction of sp³-hybridized carbons (Fsp3) is 0.0500. The van der Waals surface area contributed by atoms with Gasteiger partial charge in [0, 0.05) is 23.9 Å². The Hall–Kier alpha value is -3.65. The molecule has 0 aromatic heterocycles. The van der Waals surface area contributed by atoms with Gasteiger partial charge in [-0.3, -0.25) is 10.7 Å². The first-order valence-electron chi connectivity index (χ1n) is 8.08. The van der Waals surface area contributed by atoms with E-state index in [9.17, 15) is 13.6 Å². The van der Waals surface area contributed by atoms with Gasteiger partial charge in [-0.15, -0.1) is 0 Å². The molecule has 0 amide bonds. The summed E-state index contributed by atoms with van der Waals surface area (Å²) in [5.74, 6) is -2.77. The molecule has 4 N–H and O–H groups in total. The molecular weight excluding hydrogens is 370 g/mol. The summed E-state index contributed by atoms with van der Waals surface area (Å²) in [6.45, 7) is 0. The van der Waals surface area contributed by atoms with Crippen LogP contribution in [0.2, 0.25) is 0 Å². The molecule has 0 saturated heterocycles. The highest BCUT2D eigenvalue weighted by Crippen LogP contribution is 2.31. The van der Waals surface area contributed by atoms with Gasteiger partial charge in [0.15, 0.2) is 0 Å². The predicted octanol–water partition coefficient (Wildman–Crippen LogP) is 4.24. The molecule has 6 nitrogen and oxygen atoms in total. The molecule has 0 heterocycles. The average molecular weight is 386 g/mol. The third-order valence-corrected chi connectivity index (χ3v) is 3.97. The molecule has 0 atom stereocenters. The number of esters is 1. The molecule has 3 rings (SSSR count). The Balaban J connectivity index is 1.89. The van der Waals surface area contributed by atoms with Crippen LogP contribution in [0.4, 0.5) is 20.2 Å². The Kier molecular flexibility index (Phi) is 5.42. The minimum atomic E-state index is -0.906. The van der Waals surface area contributed by atoms with Crippen molar-refractivity contribution in [1.29, 1.82) is 0 Å². The van der Waals surface area contributed by atoms with E-state index >= 15 is 0 Å². The number of nitrogens with one attached hydrogen (secondary N) is 1. The molecule has 144 valence electrons. The summed E-state index contributed by atoms with van der Waals surface area (Å²) in [5, 5.41) is 8.81. The number of ether oxygens (including phenoxy) is 2. The zero-order valence-electron chi connectivity index (χ0n) is 14.7. The van der Waals surface area contributed by atoms with Crippen LogP contribution in [-0.2, 0) is 0 Å². The second kappa shape index (κ2) is 7.93. The molecule has 3 aromatic rings. The first-order chi connectivity index (χ1) is 13.4. The second-order valence-electron chi connectivity index (χ2n) is 5.80. The second-order valence-corrected chi connectivity index (χ2v) is 5.80. The van der Waals surface area contributed by atoms with Gasteiger partial charge in [0.25, 0.3) is 0 Å². The maximum atomic E-state index is 14.5. The number of hydrogen-bond donors (Lipinski definition) is 3. The van der Waals surface area contributed by atoms with E-state index in [-0.39, 0.29) is 28.2 Å². The molecule has 3 aromatic carbocycles. The van der Waals surface area contributed by atoms with E-state index in [1.54, 1.807) is 0 Å². The molecule has 0 aliphatic carbocycles. The van der Waals surface area contributed by atoms with Crippen LogP contribution in [0.25, 0.3) is 11.1 Å². The Labute approximate surface area is 159 Å². The molecule has 28 heavy (non-hydrogen) atoms. The molecule has 0 bridgehead atoms. The monoisotopic (exact) mass is 386 g/mol. The van der Waals surface area contributed by atoms with Crippen LogP contribution in [0.15, 0.2) is 54.6 Å². The van der Waals surface area contributed by atoms with Crippen molar-refractivity contribution in [3.05, 3.63) is 71.8 Å². The highest BCUT2D eigenvalue weighted by atomic mass is 19.1. The van der Waals surface area contributed by atoms with Gasteiger partial charge in [-0.25, -0.2) is 13.6 Å². The van der Waals surface area contributed by atoms with Crippen LogP contribution >= 0.6 is 0 Å². The summed E-state index contributed by atoms with van der Waals surface area (Å²) in [7, 11) is 1.36. The van der Waals surface area contributed by atoms with Crippen LogP contribution in [-0.4, -0.2) is 18.3 Å². The van der Waals surface area contributed by atoms with E-state index in [1.165, 1.54) is 49.6 Å². The number of carbonyl (C=O) groups is 1. The molecule has 0 unspecified atom stereocenters. The van der Waals surface area contributed by atoms with Crippen molar-refractivity contribution in [2.24, 2.45) is 0 Å². The topological polar surface area (TPSA) is 93.8 Å². The van der Waals surface area contributed by atoms with Gasteiger partial charge in [-0.05, 0) is 29.8 Å². The van der Waals surface area contributed by atoms with Crippen LogP contribution < -0.4 is 20.7 Å². The Morgan fingerprint density at radius 2 is 1.68 bits per heavy atom. The Morgan fingerprint density at radius 1 is 1.04 bits per heavy atom. The molecule has 0 radical (unpaired) electrons. The zero-order chi connectivity index (χ0) is 20.3. The van der Waals surface area contributed by atoms with Gasteiger partial charge < -0.3 is 15.2 Å². The van der Waals surface area contributed by atoms with Crippen molar-refractivity contribution >= 4 is 17.3 Å². The number of anilines is 2. The largest absolute Gasteiger partial charge is 0.496 e. The maximum Gasteiger partial charge on any atom is 0.347 e. The smallest absolute Gasteiger partial charge is 0.347 e. The lowest BCUT2D eigenvalue weighted by Crippen LogP contribution is -2.11. The van der Waals surface area contributed by atoms with Crippen LogP contribution in [0, 0.1) is 11.6 Å². The number of carbonyl (C=O) groups excluding carboxylic acids is 1. The number of halogens is 2. The van der Waals surface area contributed by atoms with Crippen molar-refractivity contribution < 1.29 is 28.3 Å². The van der Waals surface area contributed by atoms with Crippen molar-refractivity contribution in [1.82, 2.24) is 0 Å². The van der Waals surface area contributed by atoms with Crippen molar-refractivity contribution in [2.75, 3.05) is 18.3 Å². The number of benzene rings is 3. The van der Waals surface area contributed by atoms with Gasteiger partial charge in [0.05, 0.1) is 18.4 Å². The molecular formula is C20H16F2N2O4. The van der Waals surface area contributed by atoms with E-state index < -0.39 is 17.6 Å². The number of nitrogens with two attached hydrogens (primary N) is 1. The lowest BCUT2D eigenvalue weighted by atomic mass is 10.0. The Morgan fingerprint density at radius 3 is 2.25 bits per heavy atom. The van der Waals surface area contributed by atoms with E-state index in [0.717, 1.165) is 12.1 Å². The average Bonchev–Trinajstić information content (AvgIpc) is 2.67. The van der Waals surface area contributed by atoms with Gasteiger partial charge >= 0.3 is 5.97 Å². The minimum Gasteiger partial charge on any atom is -0.496 e. The minimum absolute atomic E-state index is 0.0636. The van der Waals surface area contributed by atoms with Crippen molar-refractivity contribution in [2.45, 2.75) is 0 Å². The normalized spacial score (nSPS) is 10.4. The van der Waals surface area contributed by atoms with Crippen molar-refractivity contribution in [3.8, 4) is 22.6 Å². The van der Waals surface area contributed by atoms with Gasteiger partial charge in [0.2, 0.25) is 0 Å². The summed E-state index contributed by atoms with van der Waals surface area (Å²) in [6.07, 6.45) is 0. The number of methoxy groups -OCH3 is 1. The number of nitrogen functional groups attached to an aromatic ring is 1. The zero-order valence-corrected chi connectivity index (χ0v) is 14.7. The molecule has 0 spiro atoms. The van der Waals surface area contributed by atoms with Gasteiger partial charge in [-0.1, -0.05) is 12.1 Å². The number of hydrogen-bond acceptors (Lipinski definition) is 6. The maximum absolute atomic E-state index is 14.5. The van der Waals surface area contributed by atoms with Gasteiger partial charge in [-0.2, -0.15) is 0 Å². The van der Waals surface area contributed by atoms with Crippen LogP contribution in [0.1, 0.15) is 10.4 Å². The summed E-state index contributed by atoms with van der Waals surface area (Å²) in [5.41, 5.74) is 8.36. The molecule has 0 fully saturated rings. The fourth-order valence-electron chi connectivity index (χ4n) is 2.63.